The average molecular weight is 274 g/mol. The molecule has 1 amide bonds. The molecule has 108 valence electrons. The normalized spacial score (nSPS) is 25.6. The van der Waals surface area contributed by atoms with Crippen LogP contribution in [0.15, 0.2) is 18.2 Å². The minimum atomic E-state index is 0.123. The van der Waals surface area contributed by atoms with E-state index in [0.717, 1.165) is 25.1 Å². The fraction of sp³-hybridized carbons (Fsp3) is 0.562. The van der Waals surface area contributed by atoms with E-state index >= 15 is 0 Å². The molecule has 1 N–H and O–H groups in total. The molecule has 1 aromatic carbocycles. The van der Waals surface area contributed by atoms with Crippen molar-refractivity contribution in [3.8, 4) is 0 Å². The number of fused-ring (bicyclic) bond motifs is 1. The zero-order valence-electron chi connectivity index (χ0n) is 12.2. The number of hydrogen-bond acceptors (Lipinski definition) is 3. The number of nitrogens with one attached hydrogen (secondary N) is 1. The monoisotopic (exact) mass is 274 g/mol. The van der Waals surface area contributed by atoms with Crippen molar-refractivity contribution in [1.29, 1.82) is 0 Å². The molecule has 0 aliphatic carbocycles. The van der Waals surface area contributed by atoms with Gasteiger partial charge in [-0.2, -0.15) is 0 Å². The fourth-order valence-electron chi connectivity index (χ4n) is 3.02. The Balaban J connectivity index is 1.83. The highest BCUT2D eigenvalue weighted by atomic mass is 16.5. The SMILES string of the molecule is CCC1COC(C)CN1C(=O)c1ccc2c(c1)CNC2. The van der Waals surface area contributed by atoms with Crippen molar-refractivity contribution in [2.24, 2.45) is 0 Å². The molecule has 2 heterocycles. The second-order valence-corrected chi connectivity index (χ2v) is 5.75. The zero-order valence-corrected chi connectivity index (χ0v) is 12.2. The topological polar surface area (TPSA) is 41.6 Å². The van der Waals surface area contributed by atoms with E-state index in [9.17, 15) is 4.79 Å². The van der Waals surface area contributed by atoms with E-state index in [0.29, 0.717) is 13.2 Å². The van der Waals surface area contributed by atoms with Gasteiger partial charge in [0.05, 0.1) is 18.8 Å². The lowest BCUT2D eigenvalue weighted by Gasteiger charge is -2.38. The molecule has 2 atom stereocenters. The molecule has 1 aromatic rings. The molecule has 0 radical (unpaired) electrons. The largest absolute Gasteiger partial charge is 0.375 e. The second kappa shape index (κ2) is 5.54. The van der Waals surface area contributed by atoms with Gasteiger partial charge >= 0.3 is 0 Å². The van der Waals surface area contributed by atoms with Crippen LogP contribution in [-0.2, 0) is 17.8 Å². The third kappa shape index (κ3) is 2.45. The van der Waals surface area contributed by atoms with Crippen molar-refractivity contribution < 1.29 is 9.53 Å². The van der Waals surface area contributed by atoms with Gasteiger partial charge in [0, 0.05) is 25.2 Å². The van der Waals surface area contributed by atoms with E-state index in [1.807, 2.05) is 24.0 Å². The smallest absolute Gasteiger partial charge is 0.254 e. The van der Waals surface area contributed by atoms with Crippen LogP contribution in [0, 0.1) is 0 Å². The van der Waals surface area contributed by atoms with E-state index < -0.39 is 0 Å². The molecule has 0 spiro atoms. The zero-order chi connectivity index (χ0) is 14.1. The van der Waals surface area contributed by atoms with Crippen molar-refractivity contribution in [3.63, 3.8) is 0 Å². The third-order valence-corrected chi connectivity index (χ3v) is 4.28. The Morgan fingerprint density at radius 3 is 3.00 bits per heavy atom. The predicted octanol–water partition coefficient (Wildman–Crippen LogP) is 1.93. The van der Waals surface area contributed by atoms with Crippen LogP contribution in [0.5, 0.6) is 0 Å². The van der Waals surface area contributed by atoms with Crippen LogP contribution < -0.4 is 5.32 Å². The molecule has 20 heavy (non-hydrogen) atoms. The van der Waals surface area contributed by atoms with Crippen molar-refractivity contribution >= 4 is 5.91 Å². The second-order valence-electron chi connectivity index (χ2n) is 5.75. The van der Waals surface area contributed by atoms with Gasteiger partial charge in [0.1, 0.15) is 0 Å². The third-order valence-electron chi connectivity index (χ3n) is 4.28. The molecule has 1 saturated heterocycles. The molecule has 4 heteroatoms. The van der Waals surface area contributed by atoms with E-state index in [2.05, 4.69) is 18.3 Å². The number of ether oxygens (including phenoxy) is 1. The highest BCUT2D eigenvalue weighted by molar-refractivity contribution is 5.94. The van der Waals surface area contributed by atoms with Gasteiger partial charge in [-0.25, -0.2) is 0 Å². The van der Waals surface area contributed by atoms with E-state index in [1.54, 1.807) is 0 Å². The highest BCUT2D eigenvalue weighted by Gasteiger charge is 2.30. The Morgan fingerprint density at radius 1 is 1.40 bits per heavy atom. The van der Waals surface area contributed by atoms with Crippen LogP contribution >= 0.6 is 0 Å². The van der Waals surface area contributed by atoms with E-state index in [4.69, 9.17) is 4.74 Å². The number of nitrogens with zero attached hydrogens (tertiary/aromatic N) is 1. The molecule has 0 bridgehead atoms. The standard InChI is InChI=1S/C16H22N2O2/c1-3-15-10-20-11(2)9-18(15)16(19)12-4-5-13-7-17-8-14(13)6-12/h4-6,11,15,17H,3,7-10H2,1-2H3. The number of amides is 1. The van der Waals surface area contributed by atoms with Crippen molar-refractivity contribution in [2.75, 3.05) is 13.2 Å². The average Bonchev–Trinajstić information content (AvgIpc) is 2.93. The van der Waals surface area contributed by atoms with Crippen LogP contribution in [0.4, 0.5) is 0 Å². The molecular weight excluding hydrogens is 252 g/mol. The molecule has 3 rings (SSSR count). The Bertz CT molecular complexity index is 515. The molecule has 1 fully saturated rings. The van der Waals surface area contributed by atoms with Crippen LogP contribution in [0.3, 0.4) is 0 Å². The maximum absolute atomic E-state index is 12.8. The van der Waals surface area contributed by atoms with Gasteiger partial charge in [0.15, 0.2) is 0 Å². The number of carbonyl (C=O) groups is 1. The first-order valence-electron chi connectivity index (χ1n) is 7.44. The first-order valence-corrected chi connectivity index (χ1v) is 7.44. The summed E-state index contributed by atoms with van der Waals surface area (Å²) in [5, 5.41) is 3.32. The van der Waals surface area contributed by atoms with Crippen LogP contribution in [0.1, 0.15) is 41.8 Å². The summed E-state index contributed by atoms with van der Waals surface area (Å²) in [5.74, 6) is 0.140. The Kier molecular flexibility index (Phi) is 3.76. The van der Waals surface area contributed by atoms with Gasteiger partial charge in [0.25, 0.3) is 5.91 Å². The van der Waals surface area contributed by atoms with Gasteiger partial charge in [-0.05, 0) is 36.6 Å². The lowest BCUT2D eigenvalue weighted by atomic mass is 10.0. The summed E-state index contributed by atoms with van der Waals surface area (Å²) in [6.45, 7) is 7.25. The van der Waals surface area contributed by atoms with Gasteiger partial charge in [-0.1, -0.05) is 13.0 Å². The number of rotatable bonds is 2. The van der Waals surface area contributed by atoms with Crippen LogP contribution in [0.25, 0.3) is 0 Å². The lowest BCUT2D eigenvalue weighted by Crippen LogP contribution is -2.51. The first kappa shape index (κ1) is 13.6. The van der Waals surface area contributed by atoms with Gasteiger partial charge in [0.2, 0.25) is 0 Å². The summed E-state index contributed by atoms with van der Waals surface area (Å²) in [6, 6.07) is 6.28. The molecule has 0 aromatic heterocycles. The maximum Gasteiger partial charge on any atom is 0.254 e. The van der Waals surface area contributed by atoms with E-state index in [-0.39, 0.29) is 18.1 Å². The number of hydrogen-bond donors (Lipinski definition) is 1. The van der Waals surface area contributed by atoms with Gasteiger partial charge < -0.3 is 15.0 Å². The first-order chi connectivity index (χ1) is 9.69. The summed E-state index contributed by atoms with van der Waals surface area (Å²) in [6.07, 6.45) is 1.06. The number of benzene rings is 1. The molecule has 4 nitrogen and oxygen atoms in total. The maximum atomic E-state index is 12.8. The quantitative estimate of drug-likeness (QED) is 0.896. The highest BCUT2D eigenvalue weighted by Crippen LogP contribution is 2.21. The van der Waals surface area contributed by atoms with Crippen molar-refractivity contribution in [3.05, 3.63) is 34.9 Å². The summed E-state index contributed by atoms with van der Waals surface area (Å²) >= 11 is 0. The summed E-state index contributed by atoms with van der Waals surface area (Å²) < 4.78 is 5.67. The molecule has 2 aliphatic heterocycles. The van der Waals surface area contributed by atoms with Gasteiger partial charge in [-0.3, -0.25) is 4.79 Å². The van der Waals surface area contributed by atoms with Crippen LogP contribution in [-0.4, -0.2) is 36.1 Å². The summed E-state index contributed by atoms with van der Waals surface area (Å²) in [7, 11) is 0. The number of morpholine rings is 1. The van der Waals surface area contributed by atoms with E-state index in [1.165, 1.54) is 11.1 Å². The fourth-order valence-corrected chi connectivity index (χ4v) is 3.02. The molecule has 2 aliphatic rings. The Morgan fingerprint density at radius 2 is 2.20 bits per heavy atom. The van der Waals surface area contributed by atoms with Gasteiger partial charge in [-0.15, -0.1) is 0 Å². The summed E-state index contributed by atoms with van der Waals surface area (Å²) in [5.41, 5.74) is 3.37. The Labute approximate surface area is 120 Å². The lowest BCUT2D eigenvalue weighted by molar-refractivity contribution is -0.0444. The predicted molar refractivity (Wildman–Crippen MR) is 77.5 cm³/mol. The molecule has 0 saturated carbocycles. The minimum absolute atomic E-state index is 0.123. The molecule has 2 unspecified atom stereocenters. The Hall–Kier alpha value is -1.39. The van der Waals surface area contributed by atoms with Crippen molar-refractivity contribution in [2.45, 2.75) is 45.5 Å². The van der Waals surface area contributed by atoms with Crippen molar-refractivity contribution in [1.82, 2.24) is 10.2 Å². The molecular formula is C16H22N2O2. The minimum Gasteiger partial charge on any atom is -0.375 e. The van der Waals surface area contributed by atoms with Crippen LogP contribution in [0.2, 0.25) is 0 Å². The number of carbonyl (C=O) groups excluding carboxylic acids is 1. The summed E-state index contributed by atoms with van der Waals surface area (Å²) in [4.78, 5) is 14.7.